The highest BCUT2D eigenvalue weighted by Crippen LogP contribution is 2.34. The molecule has 1 nitrogen and oxygen atoms in total. The van der Waals surface area contributed by atoms with Crippen molar-refractivity contribution in [1.29, 1.82) is 0 Å². The highest BCUT2D eigenvalue weighted by molar-refractivity contribution is 8.00. The first kappa shape index (κ1) is 11.4. The number of nitrogens with zero attached hydrogens (tertiary/aromatic N) is 1. The van der Waals surface area contributed by atoms with Crippen molar-refractivity contribution in [2.75, 3.05) is 0 Å². The molecule has 0 spiro atoms. The zero-order valence-electron chi connectivity index (χ0n) is 9.74. The van der Waals surface area contributed by atoms with Crippen LogP contribution in [0.5, 0.6) is 0 Å². The molecule has 1 heterocycles. The van der Waals surface area contributed by atoms with Crippen molar-refractivity contribution in [1.82, 2.24) is 4.90 Å². The van der Waals surface area contributed by atoms with Gasteiger partial charge < -0.3 is 0 Å². The van der Waals surface area contributed by atoms with Gasteiger partial charge >= 0.3 is 0 Å². The van der Waals surface area contributed by atoms with Crippen LogP contribution in [0.3, 0.4) is 0 Å². The standard InChI is InChI=1S/C11H23NS/c1-7(2)12-8(3)10(5)13-11(6)9(12)4/h7-11H,1-6H3. The van der Waals surface area contributed by atoms with Crippen LogP contribution in [-0.4, -0.2) is 33.5 Å². The van der Waals surface area contributed by atoms with Gasteiger partial charge in [0.15, 0.2) is 0 Å². The van der Waals surface area contributed by atoms with Crippen LogP contribution in [0.2, 0.25) is 0 Å². The summed E-state index contributed by atoms with van der Waals surface area (Å²) < 4.78 is 0. The van der Waals surface area contributed by atoms with Gasteiger partial charge in [-0.3, -0.25) is 4.90 Å². The zero-order valence-corrected chi connectivity index (χ0v) is 10.6. The predicted octanol–water partition coefficient (Wildman–Crippen LogP) is 3.00. The van der Waals surface area contributed by atoms with Crippen LogP contribution in [0.4, 0.5) is 0 Å². The maximum atomic E-state index is 2.66. The lowest BCUT2D eigenvalue weighted by atomic mass is 10.1. The van der Waals surface area contributed by atoms with E-state index in [1.807, 2.05) is 0 Å². The Morgan fingerprint density at radius 2 is 1.31 bits per heavy atom. The first-order valence-corrected chi connectivity index (χ1v) is 6.32. The quantitative estimate of drug-likeness (QED) is 0.641. The minimum Gasteiger partial charge on any atom is -0.293 e. The maximum Gasteiger partial charge on any atom is 0.0189 e. The van der Waals surface area contributed by atoms with Crippen molar-refractivity contribution in [2.45, 2.75) is 70.2 Å². The molecule has 1 aliphatic heterocycles. The number of hydrogen-bond acceptors (Lipinski definition) is 2. The molecule has 2 heteroatoms. The molecule has 0 bridgehead atoms. The Morgan fingerprint density at radius 3 is 1.62 bits per heavy atom. The molecule has 0 amide bonds. The summed E-state index contributed by atoms with van der Waals surface area (Å²) >= 11 is 2.14. The lowest BCUT2D eigenvalue weighted by molar-refractivity contribution is 0.104. The van der Waals surface area contributed by atoms with Crippen LogP contribution in [0.1, 0.15) is 41.5 Å². The van der Waals surface area contributed by atoms with Gasteiger partial charge in [0.1, 0.15) is 0 Å². The average Bonchev–Trinajstić information content (AvgIpc) is 2.01. The molecule has 13 heavy (non-hydrogen) atoms. The summed E-state index contributed by atoms with van der Waals surface area (Å²) in [4.78, 5) is 2.66. The second-order valence-electron chi connectivity index (χ2n) is 4.57. The van der Waals surface area contributed by atoms with E-state index >= 15 is 0 Å². The largest absolute Gasteiger partial charge is 0.293 e. The van der Waals surface area contributed by atoms with Crippen molar-refractivity contribution in [3.63, 3.8) is 0 Å². The van der Waals surface area contributed by atoms with Gasteiger partial charge in [-0.1, -0.05) is 13.8 Å². The summed E-state index contributed by atoms with van der Waals surface area (Å²) in [7, 11) is 0. The molecule has 78 valence electrons. The highest BCUT2D eigenvalue weighted by Gasteiger charge is 2.35. The van der Waals surface area contributed by atoms with Crippen LogP contribution in [0.15, 0.2) is 0 Å². The summed E-state index contributed by atoms with van der Waals surface area (Å²) in [6.45, 7) is 14.0. The fourth-order valence-corrected chi connectivity index (χ4v) is 3.78. The van der Waals surface area contributed by atoms with E-state index < -0.39 is 0 Å². The van der Waals surface area contributed by atoms with Crippen LogP contribution in [-0.2, 0) is 0 Å². The molecule has 1 aliphatic rings. The van der Waals surface area contributed by atoms with Crippen molar-refractivity contribution < 1.29 is 0 Å². The van der Waals surface area contributed by atoms with Crippen LogP contribution in [0.25, 0.3) is 0 Å². The van der Waals surface area contributed by atoms with Crippen molar-refractivity contribution in [2.24, 2.45) is 0 Å². The first-order chi connectivity index (χ1) is 5.95. The third-order valence-corrected chi connectivity index (χ3v) is 4.97. The molecular formula is C11H23NS. The van der Waals surface area contributed by atoms with Crippen LogP contribution >= 0.6 is 11.8 Å². The molecule has 0 saturated carbocycles. The van der Waals surface area contributed by atoms with E-state index in [9.17, 15) is 0 Å². The maximum absolute atomic E-state index is 2.66. The van der Waals surface area contributed by atoms with Crippen molar-refractivity contribution in [3.8, 4) is 0 Å². The Bertz CT molecular complexity index is 155. The van der Waals surface area contributed by atoms with Gasteiger partial charge in [0.25, 0.3) is 0 Å². The molecule has 0 radical (unpaired) electrons. The first-order valence-electron chi connectivity index (χ1n) is 5.38. The Hall–Kier alpha value is 0.310. The fraction of sp³-hybridized carbons (Fsp3) is 1.00. The van der Waals surface area contributed by atoms with E-state index in [1.165, 1.54) is 0 Å². The van der Waals surface area contributed by atoms with Gasteiger partial charge in [0.2, 0.25) is 0 Å². The molecular weight excluding hydrogens is 178 g/mol. The monoisotopic (exact) mass is 201 g/mol. The predicted molar refractivity (Wildman–Crippen MR) is 62.4 cm³/mol. The van der Waals surface area contributed by atoms with E-state index in [4.69, 9.17) is 0 Å². The third-order valence-electron chi connectivity index (χ3n) is 3.32. The normalized spacial score (nSPS) is 42.7. The molecule has 4 unspecified atom stereocenters. The summed E-state index contributed by atoms with van der Waals surface area (Å²) in [5.74, 6) is 0. The molecule has 1 fully saturated rings. The van der Waals surface area contributed by atoms with E-state index in [0.717, 1.165) is 22.6 Å². The summed E-state index contributed by atoms with van der Waals surface area (Å²) in [5, 5.41) is 1.54. The van der Waals surface area contributed by atoms with E-state index in [-0.39, 0.29) is 0 Å². The van der Waals surface area contributed by atoms with E-state index in [0.29, 0.717) is 6.04 Å². The Kier molecular flexibility index (Phi) is 3.70. The van der Waals surface area contributed by atoms with Crippen molar-refractivity contribution >= 4 is 11.8 Å². The second-order valence-corrected chi connectivity index (χ2v) is 6.33. The lowest BCUT2D eigenvalue weighted by Gasteiger charge is -2.48. The topological polar surface area (TPSA) is 3.24 Å². The smallest absolute Gasteiger partial charge is 0.0189 e. The zero-order chi connectivity index (χ0) is 10.2. The summed E-state index contributed by atoms with van der Waals surface area (Å²) in [5.41, 5.74) is 0. The van der Waals surface area contributed by atoms with Crippen LogP contribution in [0, 0.1) is 0 Å². The highest BCUT2D eigenvalue weighted by atomic mass is 32.2. The number of rotatable bonds is 1. The molecule has 4 atom stereocenters. The number of thioether (sulfide) groups is 1. The minimum absolute atomic E-state index is 0.677. The van der Waals surface area contributed by atoms with Gasteiger partial charge in [0, 0.05) is 28.6 Å². The molecule has 1 rings (SSSR count). The Labute approximate surface area is 87.3 Å². The van der Waals surface area contributed by atoms with E-state index in [1.54, 1.807) is 0 Å². The number of hydrogen-bond donors (Lipinski definition) is 0. The molecule has 0 N–H and O–H groups in total. The summed E-state index contributed by atoms with van der Waals surface area (Å²) in [6.07, 6.45) is 0. The van der Waals surface area contributed by atoms with Gasteiger partial charge in [-0.25, -0.2) is 0 Å². The third kappa shape index (κ3) is 2.21. The lowest BCUT2D eigenvalue weighted by Crippen LogP contribution is -2.55. The van der Waals surface area contributed by atoms with Gasteiger partial charge in [-0.05, 0) is 27.7 Å². The summed E-state index contributed by atoms with van der Waals surface area (Å²) in [6, 6.07) is 2.11. The fourth-order valence-electron chi connectivity index (χ4n) is 2.36. The molecule has 0 aromatic heterocycles. The SMILES string of the molecule is CC1SC(C)C(C)N(C(C)C)C1C. The minimum atomic E-state index is 0.677. The molecule has 1 saturated heterocycles. The van der Waals surface area contributed by atoms with Gasteiger partial charge in [-0.2, -0.15) is 11.8 Å². The van der Waals surface area contributed by atoms with Crippen LogP contribution < -0.4 is 0 Å². The van der Waals surface area contributed by atoms with Gasteiger partial charge in [0.05, 0.1) is 0 Å². The second kappa shape index (κ2) is 4.22. The average molecular weight is 201 g/mol. The van der Waals surface area contributed by atoms with Gasteiger partial charge in [-0.15, -0.1) is 0 Å². The Morgan fingerprint density at radius 1 is 0.923 bits per heavy atom. The van der Waals surface area contributed by atoms with Crippen molar-refractivity contribution in [3.05, 3.63) is 0 Å². The Balaban J connectivity index is 2.76. The molecule has 0 aromatic rings. The van der Waals surface area contributed by atoms with E-state index in [2.05, 4.69) is 58.2 Å². The molecule has 0 aromatic carbocycles. The molecule has 0 aliphatic carbocycles.